The third-order valence-corrected chi connectivity index (χ3v) is 2.62. The number of non-ortho nitro benzene ring substituents is 1. The number of nitro benzene ring substituents is 1. The highest BCUT2D eigenvalue weighted by Gasteiger charge is 2.33. The van der Waals surface area contributed by atoms with Gasteiger partial charge >= 0.3 is 6.18 Å². The van der Waals surface area contributed by atoms with Gasteiger partial charge in [0.15, 0.2) is 0 Å². The standard InChI is InChI=1S/C13H8F3NO2/c14-13(15,16)12-4-2-1-3-11(12)9-5-7-10(8-6-9)17(18)19/h1-8H. The SMILES string of the molecule is O=[N+]([O-])c1ccc(-c2ccccc2C(F)(F)F)cc1. The van der Waals surface area contributed by atoms with E-state index < -0.39 is 16.7 Å². The van der Waals surface area contributed by atoms with Crippen molar-refractivity contribution in [2.24, 2.45) is 0 Å². The van der Waals surface area contributed by atoms with Crippen molar-refractivity contribution in [3.63, 3.8) is 0 Å². The van der Waals surface area contributed by atoms with Crippen LogP contribution in [0.25, 0.3) is 11.1 Å². The first-order valence-electron chi connectivity index (χ1n) is 5.30. The summed E-state index contributed by atoms with van der Waals surface area (Å²) in [6.07, 6.45) is -4.46. The second-order valence-corrected chi connectivity index (χ2v) is 3.85. The fourth-order valence-corrected chi connectivity index (χ4v) is 1.74. The topological polar surface area (TPSA) is 43.1 Å². The first-order chi connectivity index (χ1) is 8.89. The summed E-state index contributed by atoms with van der Waals surface area (Å²) in [7, 11) is 0. The molecule has 0 radical (unpaired) electrons. The number of hydrogen-bond acceptors (Lipinski definition) is 2. The van der Waals surface area contributed by atoms with Crippen LogP contribution in [0.4, 0.5) is 18.9 Å². The summed E-state index contributed by atoms with van der Waals surface area (Å²) in [5.41, 5.74) is -0.625. The molecule has 0 aliphatic rings. The summed E-state index contributed by atoms with van der Waals surface area (Å²) in [5, 5.41) is 10.5. The summed E-state index contributed by atoms with van der Waals surface area (Å²) in [6, 6.07) is 10.1. The molecule has 2 rings (SSSR count). The van der Waals surface area contributed by atoms with Gasteiger partial charge in [0.05, 0.1) is 10.5 Å². The number of alkyl halides is 3. The van der Waals surface area contributed by atoms with E-state index in [-0.39, 0.29) is 11.3 Å². The number of halogens is 3. The Morgan fingerprint density at radius 3 is 2.05 bits per heavy atom. The number of nitrogens with zero attached hydrogens (tertiary/aromatic N) is 1. The Bertz CT molecular complexity index is 606. The van der Waals surface area contributed by atoms with Crippen LogP contribution in [-0.2, 0) is 6.18 Å². The van der Waals surface area contributed by atoms with Crippen molar-refractivity contribution in [1.82, 2.24) is 0 Å². The molecule has 0 fully saturated rings. The van der Waals surface area contributed by atoms with Gasteiger partial charge in [0.2, 0.25) is 0 Å². The first-order valence-corrected chi connectivity index (χ1v) is 5.30. The molecule has 0 bridgehead atoms. The molecule has 0 heterocycles. The molecule has 6 heteroatoms. The van der Waals surface area contributed by atoms with E-state index in [0.717, 1.165) is 6.07 Å². The van der Waals surface area contributed by atoms with Gasteiger partial charge in [-0.1, -0.05) is 18.2 Å². The minimum absolute atomic E-state index is 0.00454. The lowest BCUT2D eigenvalue weighted by molar-refractivity contribution is -0.384. The minimum Gasteiger partial charge on any atom is -0.258 e. The summed E-state index contributed by atoms with van der Waals surface area (Å²) < 4.78 is 38.5. The van der Waals surface area contributed by atoms with Crippen molar-refractivity contribution in [1.29, 1.82) is 0 Å². The maximum Gasteiger partial charge on any atom is 0.417 e. The van der Waals surface area contributed by atoms with E-state index in [4.69, 9.17) is 0 Å². The smallest absolute Gasteiger partial charge is 0.258 e. The monoisotopic (exact) mass is 267 g/mol. The fraction of sp³-hybridized carbons (Fsp3) is 0.0769. The van der Waals surface area contributed by atoms with Crippen LogP contribution in [0.3, 0.4) is 0 Å². The number of rotatable bonds is 2. The van der Waals surface area contributed by atoms with E-state index in [0.29, 0.717) is 5.56 Å². The van der Waals surface area contributed by atoms with Gasteiger partial charge in [-0.15, -0.1) is 0 Å². The van der Waals surface area contributed by atoms with E-state index >= 15 is 0 Å². The average Bonchev–Trinajstić information content (AvgIpc) is 2.38. The Kier molecular flexibility index (Phi) is 3.25. The molecular weight excluding hydrogens is 259 g/mol. The number of nitro groups is 1. The van der Waals surface area contributed by atoms with Crippen molar-refractivity contribution >= 4 is 5.69 Å². The van der Waals surface area contributed by atoms with E-state index in [9.17, 15) is 23.3 Å². The molecule has 0 atom stereocenters. The summed E-state index contributed by atoms with van der Waals surface area (Å²) in [5.74, 6) is 0. The minimum atomic E-state index is -4.46. The van der Waals surface area contributed by atoms with E-state index in [1.807, 2.05) is 0 Å². The molecule has 3 nitrogen and oxygen atoms in total. The Hall–Kier alpha value is -2.37. The van der Waals surface area contributed by atoms with Crippen LogP contribution >= 0.6 is 0 Å². The zero-order chi connectivity index (χ0) is 14.0. The molecule has 98 valence electrons. The Morgan fingerprint density at radius 1 is 0.947 bits per heavy atom. The van der Waals surface area contributed by atoms with Gasteiger partial charge in [-0.3, -0.25) is 10.1 Å². The van der Waals surface area contributed by atoms with Crippen LogP contribution in [0.15, 0.2) is 48.5 Å². The molecule has 0 aromatic heterocycles. The molecule has 0 saturated carbocycles. The van der Waals surface area contributed by atoms with Crippen LogP contribution in [0, 0.1) is 10.1 Å². The highest BCUT2D eigenvalue weighted by molar-refractivity contribution is 5.69. The van der Waals surface area contributed by atoms with Gasteiger partial charge in [-0.25, -0.2) is 0 Å². The van der Waals surface area contributed by atoms with Crippen molar-refractivity contribution in [3.05, 3.63) is 64.2 Å². The maximum absolute atomic E-state index is 12.8. The van der Waals surface area contributed by atoms with Crippen molar-refractivity contribution in [2.45, 2.75) is 6.18 Å². The predicted octanol–water partition coefficient (Wildman–Crippen LogP) is 4.28. The van der Waals surface area contributed by atoms with Crippen molar-refractivity contribution in [2.75, 3.05) is 0 Å². The van der Waals surface area contributed by atoms with Crippen LogP contribution < -0.4 is 0 Å². The molecule has 2 aromatic rings. The van der Waals surface area contributed by atoms with E-state index in [2.05, 4.69) is 0 Å². The van der Waals surface area contributed by atoms with Crippen LogP contribution in [-0.4, -0.2) is 4.92 Å². The van der Waals surface area contributed by atoms with Gasteiger partial charge in [0.25, 0.3) is 5.69 Å². The molecule has 0 aliphatic heterocycles. The highest BCUT2D eigenvalue weighted by Crippen LogP contribution is 2.37. The maximum atomic E-state index is 12.8. The van der Waals surface area contributed by atoms with Gasteiger partial charge in [-0.2, -0.15) is 13.2 Å². The number of benzene rings is 2. The largest absolute Gasteiger partial charge is 0.417 e. The van der Waals surface area contributed by atoms with Gasteiger partial charge in [0.1, 0.15) is 0 Å². The molecule has 0 spiro atoms. The highest BCUT2D eigenvalue weighted by atomic mass is 19.4. The fourth-order valence-electron chi connectivity index (χ4n) is 1.74. The quantitative estimate of drug-likeness (QED) is 0.602. The predicted molar refractivity (Wildman–Crippen MR) is 63.5 cm³/mol. The third-order valence-electron chi connectivity index (χ3n) is 2.62. The van der Waals surface area contributed by atoms with Crippen molar-refractivity contribution in [3.8, 4) is 11.1 Å². The zero-order valence-electron chi connectivity index (χ0n) is 9.52. The lowest BCUT2D eigenvalue weighted by Gasteiger charge is -2.12. The van der Waals surface area contributed by atoms with E-state index in [1.54, 1.807) is 0 Å². The molecule has 0 aliphatic carbocycles. The van der Waals surface area contributed by atoms with Gasteiger partial charge in [-0.05, 0) is 29.3 Å². The second-order valence-electron chi connectivity index (χ2n) is 3.85. The molecule has 0 saturated heterocycles. The van der Waals surface area contributed by atoms with Gasteiger partial charge in [0, 0.05) is 12.1 Å². The van der Waals surface area contributed by atoms with Crippen molar-refractivity contribution < 1.29 is 18.1 Å². The zero-order valence-corrected chi connectivity index (χ0v) is 9.52. The second kappa shape index (κ2) is 4.72. The normalized spacial score (nSPS) is 11.3. The lowest BCUT2D eigenvalue weighted by Crippen LogP contribution is -2.06. The molecule has 0 amide bonds. The van der Waals surface area contributed by atoms with Crippen LogP contribution in [0.2, 0.25) is 0 Å². The summed E-state index contributed by atoms with van der Waals surface area (Å²) in [6.45, 7) is 0. The molecule has 19 heavy (non-hydrogen) atoms. The Balaban J connectivity index is 2.50. The van der Waals surface area contributed by atoms with Crippen LogP contribution in [0.5, 0.6) is 0 Å². The van der Waals surface area contributed by atoms with Crippen LogP contribution in [0.1, 0.15) is 5.56 Å². The van der Waals surface area contributed by atoms with E-state index in [1.165, 1.54) is 42.5 Å². The summed E-state index contributed by atoms with van der Waals surface area (Å²) in [4.78, 5) is 9.90. The lowest BCUT2D eigenvalue weighted by atomic mass is 9.99. The molecular formula is C13H8F3NO2. The number of hydrogen-bond donors (Lipinski definition) is 0. The molecule has 0 unspecified atom stereocenters. The first kappa shape index (κ1) is 13.1. The Labute approximate surface area is 106 Å². The van der Waals surface area contributed by atoms with Gasteiger partial charge < -0.3 is 0 Å². The summed E-state index contributed by atoms with van der Waals surface area (Å²) >= 11 is 0. The molecule has 2 aromatic carbocycles. The molecule has 0 N–H and O–H groups in total. The average molecular weight is 267 g/mol. The Morgan fingerprint density at radius 2 is 1.53 bits per heavy atom. The third kappa shape index (κ3) is 2.73.